The van der Waals surface area contributed by atoms with Gasteiger partial charge in [0.05, 0.1) is 23.3 Å². The predicted molar refractivity (Wildman–Crippen MR) is 142 cm³/mol. The summed E-state index contributed by atoms with van der Waals surface area (Å²) in [6, 6.07) is 6.93. The Hall–Kier alpha value is -4.56. The molecule has 1 aliphatic rings. The van der Waals surface area contributed by atoms with E-state index in [4.69, 9.17) is 20.1 Å². The first-order chi connectivity index (χ1) is 20.3. The number of phenols is 1. The third-order valence-corrected chi connectivity index (χ3v) is 7.18. The second kappa shape index (κ2) is 12.8. The van der Waals surface area contributed by atoms with Crippen molar-refractivity contribution in [2.45, 2.75) is 51.4 Å². The van der Waals surface area contributed by atoms with Crippen LogP contribution in [0.15, 0.2) is 42.9 Å². The second-order valence-electron chi connectivity index (χ2n) is 10.0. The van der Waals surface area contributed by atoms with Crippen molar-refractivity contribution in [2.24, 2.45) is 5.92 Å². The molecule has 0 bridgehead atoms. The van der Waals surface area contributed by atoms with Crippen molar-refractivity contribution in [3.05, 3.63) is 65.9 Å². The highest BCUT2D eigenvalue weighted by atomic mass is 19.4. The number of phenolic OH excluding ortho intramolecular Hbond substituents is 1. The van der Waals surface area contributed by atoms with Crippen molar-refractivity contribution in [3.8, 4) is 16.9 Å². The molecule has 5 rings (SSSR count). The minimum Gasteiger partial charge on any atom is -0.503 e. The van der Waals surface area contributed by atoms with E-state index < -0.39 is 46.8 Å². The number of hydrogen-bond acceptors (Lipinski definition) is 5. The first-order valence-corrected chi connectivity index (χ1v) is 13.2. The fourth-order valence-corrected chi connectivity index (χ4v) is 4.78. The molecule has 0 aliphatic heterocycles. The van der Waals surface area contributed by atoms with E-state index >= 15 is 0 Å². The number of carboxylic acid groups (broad SMARTS) is 1. The molecular weight excluding hydrogens is 584 g/mol. The lowest BCUT2D eigenvalue weighted by Gasteiger charge is -2.28. The number of carbonyl (C=O) groups excluding carboxylic acids is 1. The van der Waals surface area contributed by atoms with Crippen LogP contribution in [0.5, 0.6) is 5.75 Å². The first-order valence-electron chi connectivity index (χ1n) is 13.2. The van der Waals surface area contributed by atoms with Gasteiger partial charge in [0.1, 0.15) is 0 Å². The number of rotatable bonds is 6. The summed E-state index contributed by atoms with van der Waals surface area (Å²) in [6.07, 6.45) is 4.21. The highest BCUT2D eigenvalue weighted by molar-refractivity contribution is 5.94. The van der Waals surface area contributed by atoms with Crippen LogP contribution in [-0.2, 0) is 11.3 Å². The Balaban J connectivity index is 0.000000541. The molecule has 4 aromatic rings. The maximum Gasteiger partial charge on any atom is 0.490 e. The highest BCUT2D eigenvalue weighted by Crippen LogP contribution is 2.33. The lowest BCUT2D eigenvalue weighted by Crippen LogP contribution is -2.32. The molecule has 230 valence electrons. The van der Waals surface area contributed by atoms with Gasteiger partial charge in [-0.3, -0.25) is 14.2 Å². The SMILES string of the molecule is CCn1cc(-c2ccc3cn(C4CCC(CNC(=O)c5cc(F)c(O)c(F)c5F)CC4)nc3c2)cn1.O=C(O)C(F)(F)F. The van der Waals surface area contributed by atoms with Crippen LogP contribution < -0.4 is 5.32 Å². The number of carbonyl (C=O) groups is 2. The van der Waals surface area contributed by atoms with Crippen molar-refractivity contribution in [3.63, 3.8) is 0 Å². The van der Waals surface area contributed by atoms with Crippen molar-refractivity contribution in [2.75, 3.05) is 6.54 Å². The van der Waals surface area contributed by atoms with E-state index in [-0.39, 0.29) is 18.5 Å². The summed E-state index contributed by atoms with van der Waals surface area (Å²) in [6.45, 7) is 3.13. The molecular formula is C28H27F6N5O4. The van der Waals surface area contributed by atoms with Gasteiger partial charge in [0.2, 0.25) is 5.82 Å². The molecule has 3 N–H and O–H groups in total. The third-order valence-electron chi connectivity index (χ3n) is 7.18. The fraction of sp³-hybridized carbons (Fsp3) is 0.357. The average molecular weight is 612 g/mol. The van der Waals surface area contributed by atoms with Crippen LogP contribution in [0.2, 0.25) is 0 Å². The zero-order valence-electron chi connectivity index (χ0n) is 22.7. The molecule has 1 fully saturated rings. The molecule has 2 aromatic carbocycles. The number of aliphatic carboxylic acids is 1. The average Bonchev–Trinajstić information content (AvgIpc) is 3.64. The molecule has 15 heteroatoms. The maximum absolute atomic E-state index is 13.9. The van der Waals surface area contributed by atoms with E-state index in [2.05, 4.69) is 34.8 Å². The summed E-state index contributed by atoms with van der Waals surface area (Å²) in [5.41, 5.74) is 2.27. The van der Waals surface area contributed by atoms with E-state index in [1.54, 1.807) is 0 Å². The largest absolute Gasteiger partial charge is 0.503 e. The van der Waals surface area contributed by atoms with Gasteiger partial charge in [-0.1, -0.05) is 12.1 Å². The summed E-state index contributed by atoms with van der Waals surface area (Å²) >= 11 is 0. The number of carboxylic acids is 1. The minimum absolute atomic E-state index is 0.159. The minimum atomic E-state index is -5.08. The number of aryl methyl sites for hydroxylation is 1. The molecule has 1 saturated carbocycles. The van der Waals surface area contributed by atoms with Crippen LogP contribution in [0.3, 0.4) is 0 Å². The molecule has 2 aromatic heterocycles. The van der Waals surface area contributed by atoms with Crippen LogP contribution in [0.1, 0.15) is 49.0 Å². The Kier molecular flexibility index (Phi) is 9.30. The van der Waals surface area contributed by atoms with Gasteiger partial charge >= 0.3 is 12.1 Å². The van der Waals surface area contributed by atoms with Gasteiger partial charge in [-0.15, -0.1) is 0 Å². The predicted octanol–water partition coefficient (Wildman–Crippen LogP) is 5.84. The highest BCUT2D eigenvalue weighted by Gasteiger charge is 2.38. The van der Waals surface area contributed by atoms with Gasteiger partial charge < -0.3 is 15.5 Å². The van der Waals surface area contributed by atoms with E-state index in [9.17, 15) is 31.1 Å². The molecule has 43 heavy (non-hydrogen) atoms. The summed E-state index contributed by atoms with van der Waals surface area (Å²) < 4.78 is 76.7. The van der Waals surface area contributed by atoms with Gasteiger partial charge in [0, 0.05) is 36.4 Å². The molecule has 0 unspecified atom stereocenters. The zero-order chi connectivity index (χ0) is 31.5. The molecule has 0 spiro atoms. The lowest BCUT2D eigenvalue weighted by atomic mass is 9.86. The Morgan fingerprint density at radius 1 is 1.02 bits per heavy atom. The van der Waals surface area contributed by atoms with Crippen LogP contribution in [-0.4, -0.2) is 54.4 Å². The molecule has 0 radical (unpaired) electrons. The number of fused-ring (bicyclic) bond motifs is 1. The maximum atomic E-state index is 13.9. The van der Waals surface area contributed by atoms with Gasteiger partial charge in [0.25, 0.3) is 5.91 Å². The number of aromatic nitrogens is 4. The van der Waals surface area contributed by atoms with Gasteiger partial charge in [-0.25, -0.2) is 13.6 Å². The Labute approximate surface area is 240 Å². The van der Waals surface area contributed by atoms with Crippen LogP contribution >= 0.6 is 0 Å². The Morgan fingerprint density at radius 3 is 2.30 bits per heavy atom. The summed E-state index contributed by atoms with van der Waals surface area (Å²) in [5, 5.41) is 29.0. The van der Waals surface area contributed by atoms with Gasteiger partial charge in [0.15, 0.2) is 17.4 Å². The van der Waals surface area contributed by atoms with E-state index in [1.807, 2.05) is 28.7 Å². The zero-order valence-corrected chi connectivity index (χ0v) is 22.7. The van der Waals surface area contributed by atoms with E-state index in [0.29, 0.717) is 6.07 Å². The number of hydrogen-bond donors (Lipinski definition) is 3. The summed E-state index contributed by atoms with van der Waals surface area (Å²) in [5.74, 6) is -9.66. The number of halogens is 6. The van der Waals surface area contributed by atoms with Crippen LogP contribution in [0.25, 0.3) is 22.0 Å². The number of nitrogens with one attached hydrogen (secondary N) is 1. The van der Waals surface area contributed by atoms with E-state index in [0.717, 1.165) is 54.3 Å². The number of aromatic hydroxyl groups is 1. The number of benzene rings is 2. The van der Waals surface area contributed by atoms with Gasteiger partial charge in [-0.05, 0) is 56.2 Å². The topological polar surface area (TPSA) is 122 Å². The fourth-order valence-electron chi connectivity index (χ4n) is 4.78. The smallest absolute Gasteiger partial charge is 0.490 e. The van der Waals surface area contributed by atoms with Crippen molar-refractivity contribution in [1.29, 1.82) is 0 Å². The summed E-state index contributed by atoms with van der Waals surface area (Å²) in [7, 11) is 0. The van der Waals surface area contributed by atoms with Crippen molar-refractivity contribution in [1.82, 2.24) is 24.9 Å². The van der Waals surface area contributed by atoms with Crippen molar-refractivity contribution < 1.29 is 46.1 Å². The molecule has 1 aliphatic carbocycles. The second-order valence-corrected chi connectivity index (χ2v) is 10.0. The van der Waals surface area contributed by atoms with Crippen LogP contribution in [0.4, 0.5) is 26.3 Å². The van der Waals surface area contributed by atoms with E-state index in [1.165, 1.54) is 0 Å². The van der Waals surface area contributed by atoms with Gasteiger partial charge in [-0.2, -0.15) is 27.8 Å². The number of nitrogens with zero attached hydrogens (tertiary/aromatic N) is 4. The normalized spacial score (nSPS) is 16.9. The first kappa shape index (κ1) is 31.4. The lowest BCUT2D eigenvalue weighted by molar-refractivity contribution is -0.192. The molecule has 9 nitrogen and oxygen atoms in total. The van der Waals surface area contributed by atoms with Crippen LogP contribution in [0, 0.1) is 23.4 Å². The number of amides is 1. The standard InChI is InChI=1S/C26H26F3N5O2.C2HF3O2/c1-2-33-13-18(12-31-33)16-5-6-17-14-34(32-22(17)9-16)19-7-3-15(4-8-19)11-30-26(36)20-10-21(27)25(35)24(29)23(20)28;3-2(4,5)1(6)7/h5-6,9-10,12-15,19,35H,2-4,7-8,11H2,1H3,(H,30,36);(H,6,7). The Bertz CT molecular complexity index is 1630. The monoisotopic (exact) mass is 611 g/mol. The molecule has 2 heterocycles. The number of alkyl halides is 3. The quantitative estimate of drug-likeness (QED) is 0.186. The third kappa shape index (κ3) is 7.27. The summed E-state index contributed by atoms with van der Waals surface area (Å²) in [4.78, 5) is 21.2. The molecule has 0 saturated heterocycles. The molecule has 1 amide bonds. The molecule has 0 atom stereocenters. The van der Waals surface area contributed by atoms with Crippen molar-refractivity contribution >= 4 is 22.8 Å². The Morgan fingerprint density at radius 2 is 1.70 bits per heavy atom.